The molecule has 1 aliphatic heterocycles. The van der Waals surface area contributed by atoms with Gasteiger partial charge in [-0.05, 0) is 38.3 Å². The molecule has 1 aromatic carbocycles. The Hall–Kier alpha value is -3.13. The minimum Gasteiger partial charge on any atom is -0.476 e. The minimum atomic E-state index is -1.15. The quantitative estimate of drug-likeness (QED) is 0.618. The molecule has 0 radical (unpaired) electrons. The molecule has 0 spiro atoms. The highest BCUT2D eigenvalue weighted by molar-refractivity contribution is 5.92. The number of hydrogen-bond acceptors (Lipinski definition) is 5. The third-order valence-corrected chi connectivity index (χ3v) is 5.22. The van der Waals surface area contributed by atoms with Gasteiger partial charge in [-0.3, -0.25) is 10.00 Å². The molecule has 0 unspecified atom stereocenters. The van der Waals surface area contributed by atoms with E-state index in [0.29, 0.717) is 37.7 Å². The van der Waals surface area contributed by atoms with Crippen molar-refractivity contribution in [2.45, 2.75) is 44.9 Å². The van der Waals surface area contributed by atoms with E-state index in [1.165, 1.54) is 0 Å². The number of amides is 2. The lowest BCUT2D eigenvalue weighted by molar-refractivity contribution is 0.00958. The van der Waals surface area contributed by atoms with Crippen LogP contribution in [0.5, 0.6) is 5.88 Å². The molecule has 0 saturated carbocycles. The molecule has 8 nitrogen and oxygen atoms in total. The lowest BCUT2D eigenvalue weighted by Gasteiger charge is -2.34. The largest absolute Gasteiger partial charge is 0.476 e. The number of anilines is 1. The summed E-state index contributed by atoms with van der Waals surface area (Å²) < 4.78 is 7.76. The highest BCUT2D eigenvalue weighted by Gasteiger charge is 2.34. The maximum absolute atomic E-state index is 12.7. The molecule has 2 amide bonds. The summed E-state index contributed by atoms with van der Waals surface area (Å²) in [5, 5.41) is 22.0. The molecule has 1 aliphatic rings. The van der Waals surface area contributed by atoms with Gasteiger partial charge >= 0.3 is 6.03 Å². The predicted octanol–water partition coefficient (Wildman–Crippen LogP) is 3.24. The first-order valence-corrected chi connectivity index (χ1v) is 9.82. The number of hydrogen-bond donors (Lipinski definition) is 3. The molecule has 0 aliphatic carbocycles. The van der Waals surface area contributed by atoms with E-state index in [1.54, 1.807) is 19.2 Å². The molecule has 2 atom stereocenters. The molecule has 0 saturated heterocycles. The third kappa shape index (κ3) is 3.88. The van der Waals surface area contributed by atoms with Gasteiger partial charge in [-0.25, -0.2) is 4.79 Å². The van der Waals surface area contributed by atoms with E-state index in [9.17, 15) is 9.90 Å². The van der Waals surface area contributed by atoms with Crippen molar-refractivity contribution < 1.29 is 14.6 Å². The van der Waals surface area contributed by atoms with Crippen LogP contribution in [0.15, 0.2) is 42.6 Å². The van der Waals surface area contributed by atoms with Crippen molar-refractivity contribution >= 4 is 22.8 Å². The molecule has 3 heterocycles. The molecular weight excluding hydrogens is 370 g/mol. The number of aromatic nitrogens is 3. The second kappa shape index (κ2) is 7.71. The number of urea groups is 1. The molecular formula is C21H25N5O3. The average Bonchev–Trinajstić information content (AvgIpc) is 3.12. The molecule has 0 fully saturated rings. The fourth-order valence-electron chi connectivity index (χ4n) is 3.76. The topological polar surface area (TPSA) is 101 Å². The van der Waals surface area contributed by atoms with Crippen molar-refractivity contribution in [3.63, 3.8) is 0 Å². The number of benzene rings is 1. The maximum Gasteiger partial charge on any atom is 0.320 e. The van der Waals surface area contributed by atoms with Crippen LogP contribution in [0.3, 0.4) is 0 Å². The minimum absolute atomic E-state index is 0.368. The summed E-state index contributed by atoms with van der Waals surface area (Å²) in [4.78, 5) is 17.2. The fourth-order valence-corrected chi connectivity index (χ4v) is 3.76. The molecule has 4 rings (SSSR count). The second-order valence-corrected chi connectivity index (χ2v) is 7.46. The molecule has 2 aromatic heterocycles. The zero-order valence-electron chi connectivity index (χ0n) is 16.6. The molecule has 29 heavy (non-hydrogen) atoms. The van der Waals surface area contributed by atoms with Crippen molar-refractivity contribution in [2.75, 3.05) is 11.9 Å². The van der Waals surface area contributed by atoms with Gasteiger partial charge in [0, 0.05) is 11.9 Å². The monoisotopic (exact) mass is 395 g/mol. The Morgan fingerprint density at radius 3 is 2.90 bits per heavy atom. The van der Waals surface area contributed by atoms with E-state index in [4.69, 9.17) is 4.74 Å². The van der Waals surface area contributed by atoms with E-state index in [0.717, 1.165) is 16.5 Å². The van der Waals surface area contributed by atoms with Crippen LogP contribution in [-0.4, -0.2) is 38.1 Å². The number of nitrogens with zero attached hydrogens (tertiary/aromatic N) is 3. The van der Waals surface area contributed by atoms with Crippen LogP contribution in [0.25, 0.3) is 10.9 Å². The zero-order chi connectivity index (χ0) is 20.4. The third-order valence-electron chi connectivity index (χ3n) is 5.22. The Labute approximate surface area is 168 Å². The fraction of sp³-hybridized carbons (Fsp3) is 0.381. The second-order valence-electron chi connectivity index (χ2n) is 7.46. The molecule has 152 valence electrons. The Morgan fingerprint density at radius 2 is 2.14 bits per heavy atom. The maximum atomic E-state index is 12.7. The summed E-state index contributed by atoms with van der Waals surface area (Å²) >= 11 is 0. The lowest BCUT2D eigenvalue weighted by Crippen LogP contribution is -2.46. The van der Waals surface area contributed by atoms with Crippen molar-refractivity contribution in [3.8, 4) is 5.88 Å². The van der Waals surface area contributed by atoms with Crippen LogP contribution in [0.4, 0.5) is 10.6 Å². The van der Waals surface area contributed by atoms with Crippen molar-refractivity contribution in [2.24, 2.45) is 0 Å². The number of aryl methyl sites for hydroxylation is 1. The highest BCUT2D eigenvalue weighted by Crippen LogP contribution is 2.32. The van der Waals surface area contributed by atoms with Gasteiger partial charge in [-0.2, -0.15) is 10.1 Å². The van der Waals surface area contributed by atoms with Crippen LogP contribution in [0.1, 0.15) is 38.3 Å². The summed E-state index contributed by atoms with van der Waals surface area (Å²) in [7, 11) is 0. The van der Waals surface area contributed by atoms with Crippen molar-refractivity contribution in [3.05, 3.63) is 48.2 Å². The normalized spacial score (nSPS) is 22.7. The molecule has 2 bridgehead atoms. The predicted molar refractivity (Wildman–Crippen MR) is 110 cm³/mol. The van der Waals surface area contributed by atoms with Gasteiger partial charge in [0.15, 0.2) is 0 Å². The van der Waals surface area contributed by atoms with Gasteiger partial charge < -0.3 is 15.2 Å². The SMILES string of the molecule is CCn1ncc2cc3nc(c21)OCCC[C@@](C)(O)[C@H](c1ccccc1)NC(=O)N3. The number of ether oxygens (including phenoxy) is 1. The van der Waals surface area contributed by atoms with E-state index in [1.807, 2.05) is 41.9 Å². The van der Waals surface area contributed by atoms with Gasteiger partial charge in [-0.1, -0.05) is 30.3 Å². The average molecular weight is 395 g/mol. The van der Waals surface area contributed by atoms with Crippen LogP contribution >= 0.6 is 0 Å². The molecule has 8 heteroatoms. The Kier molecular flexibility index (Phi) is 5.10. The summed E-state index contributed by atoms with van der Waals surface area (Å²) in [6.45, 7) is 4.81. The van der Waals surface area contributed by atoms with Gasteiger partial charge in [-0.15, -0.1) is 0 Å². The van der Waals surface area contributed by atoms with E-state index < -0.39 is 17.7 Å². The Balaban J connectivity index is 1.71. The number of carbonyl (C=O) groups excluding carboxylic acids is 1. The van der Waals surface area contributed by atoms with Gasteiger partial charge in [0.2, 0.25) is 5.88 Å². The van der Waals surface area contributed by atoms with Crippen LogP contribution in [-0.2, 0) is 6.54 Å². The first kappa shape index (κ1) is 19.2. The molecule has 3 aromatic rings. The number of pyridine rings is 1. The summed E-state index contributed by atoms with van der Waals surface area (Å²) in [6.07, 6.45) is 2.79. The standard InChI is InChI=1S/C21H25N5O3/c1-3-26-17-15(13-22-26)12-16-23-19(17)29-11-7-10-21(2,28)18(25-20(27)24-16)14-8-5-4-6-9-14/h4-6,8-9,12-13,18,28H,3,7,10-11H2,1-2H3,(H2,23,24,25,27)/t18-,21+/m0/s1. The van der Waals surface area contributed by atoms with Gasteiger partial charge in [0.05, 0.1) is 24.4 Å². The number of rotatable bonds is 2. The van der Waals surface area contributed by atoms with Gasteiger partial charge in [0.1, 0.15) is 11.3 Å². The van der Waals surface area contributed by atoms with Crippen LogP contribution in [0, 0.1) is 0 Å². The Morgan fingerprint density at radius 1 is 1.34 bits per heavy atom. The van der Waals surface area contributed by atoms with Crippen LogP contribution in [0.2, 0.25) is 0 Å². The Bertz CT molecular complexity index is 1020. The number of aliphatic hydroxyl groups is 1. The smallest absolute Gasteiger partial charge is 0.320 e. The van der Waals surface area contributed by atoms with E-state index in [-0.39, 0.29) is 0 Å². The van der Waals surface area contributed by atoms with Crippen molar-refractivity contribution in [1.82, 2.24) is 20.1 Å². The lowest BCUT2D eigenvalue weighted by atomic mass is 9.86. The zero-order valence-corrected chi connectivity index (χ0v) is 16.6. The van der Waals surface area contributed by atoms with E-state index in [2.05, 4.69) is 20.7 Å². The van der Waals surface area contributed by atoms with Gasteiger partial charge in [0.25, 0.3) is 0 Å². The summed E-state index contributed by atoms with van der Waals surface area (Å²) in [6, 6.07) is 10.2. The van der Waals surface area contributed by atoms with E-state index >= 15 is 0 Å². The number of fused-ring (bicyclic) bond motifs is 4. The summed E-state index contributed by atoms with van der Waals surface area (Å²) in [5.41, 5.74) is 0.478. The highest BCUT2D eigenvalue weighted by atomic mass is 16.5. The first-order valence-electron chi connectivity index (χ1n) is 9.82. The number of nitrogens with one attached hydrogen (secondary N) is 2. The van der Waals surface area contributed by atoms with Crippen molar-refractivity contribution in [1.29, 1.82) is 0 Å². The summed E-state index contributed by atoms with van der Waals surface area (Å²) in [5.74, 6) is 0.796. The first-order chi connectivity index (χ1) is 14.0. The van der Waals surface area contributed by atoms with Crippen LogP contribution < -0.4 is 15.4 Å². The molecule has 3 N–H and O–H groups in total. The number of carbonyl (C=O) groups is 1.